The number of nitrogens with two attached hydrogens (primary N) is 1. The number of aromatic nitrogens is 2. The predicted octanol–water partition coefficient (Wildman–Crippen LogP) is 1.19. The third-order valence-corrected chi connectivity index (χ3v) is 2.27. The van der Waals surface area contributed by atoms with Gasteiger partial charge in [-0.1, -0.05) is 0 Å². The largest absolute Gasteiger partial charge is 0.322 e. The molecule has 64 valence electrons. The van der Waals surface area contributed by atoms with Crippen molar-refractivity contribution in [2.75, 3.05) is 0 Å². The normalized spacial score (nSPS) is 19.2. The molecule has 2 N–H and O–H groups in total. The first-order chi connectivity index (χ1) is 5.77. The van der Waals surface area contributed by atoms with Gasteiger partial charge in [-0.15, -0.1) is 0 Å². The summed E-state index contributed by atoms with van der Waals surface area (Å²) < 4.78 is 0. The van der Waals surface area contributed by atoms with E-state index in [-0.39, 0.29) is 6.04 Å². The molecule has 1 saturated carbocycles. The Balaban J connectivity index is 2.20. The SMILES string of the molecule is Cc1nccc(C(N)C2CC2)n1. The maximum atomic E-state index is 5.98. The smallest absolute Gasteiger partial charge is 0.125 e. The first-order valence-electron chi connectivity index (χ1n) is 4.32. The molecular weight excluding hydrogens is 150 g/mol. The fourth-order valence-corrected chi connectivity index (χ4v) is 1.36. The Morgan fingerprint density at radius 2 is 2.33 bits per heavy atom. The van der Waals surface area contributed by atoms with Crippen LogP contribution in [0.3, 0.4) is 0 Å². The zero-order valence-electron chi connectivity index (χ0n) is 7.20. The van der Waals surface area contributed by atoms with Crippen LogP contribution >= 0.6 is 0 Å². The lowest BCUT2D eigenvalue weighted by atomic mass is 10.1. The van der Waals surface area contributed by atoms with Crippen LogP contribution < -0.4 is 5.73 Å². The van der Waals surface area contributed by atoms with Crippen molar-refractivity contribution < 1.29 is 0 Å². The van der Waals surface area contributed by atoms with Crippen molar-refractivity contribution >= 4 is 0 Å². The van der Waals surface area contributed by atoms with Gasteiger partial charge in [-0.25, -0.2) is 9.97 Å². The highest BCUT2D eigenvalue weighted by molar-refractivity contribution is 5.10. The molecule has 0 bridgehead atoms. The molecule has 0 aromatic carbocycles. The Morgan fingerprint density at radius 1 is 1.58 bits per heavy atom. The molecule has 3 nitrogen and oxygen atoms in total. The number of rotatable bonds is 2. The molecule has 0 aliphatic heterocycles. The maximum absolute atomic E-state index is 5.98. The van der Waals surface area contributed by atoms with Gasteiger partial charge in [0, 0.05) is 12.2 Å². The average molecular weight is 163 g/mol. The second kappa shape index (κ2) is 2.83. The van der Waals surface area contributed by atoms with Crippen LogP contribution in [0.25, 0.3) is 0 Å². The van der Waals surface area contributed by atoms with Gasteiger partial charge in [-0.05, 0) is 31.7 Å². The van der Waals surface area contributed by atoms with Crippen LogP contribution in [-0.2, 0) is 0 Å². The zero-order valence-corrected chi connectivity index (χ0v) is 7.20. The van der Waals surface area contributed by atoms with Crippen LogP contribution in [0, 0.1) is 12.8 Å². The molecule has 1 aromatic heterocycles. The fraction of sp³-hybridized carbons (Fsp3) is 0.556. The summed E-state index contributed by atoms with van der Waals surface area (Å²) in [6.45, 7) is 1.89. The Hall–Kier alpha value is -0.960. The molecular formula is C9H13N3. The van der Waals surface area contributed by atoms with E-state index in [0.29, 0.717) is 5.92 Å². The van der Waals surface area contributed by atoms with Crippen molar-refractivity contribution in [2.45, 2.75) is 25.8 Å². The van der Waals surface area contributed by atoms with Crippen LogP contribution in [-0.4, -0.2) is 9.97 Å². The topological polar surface area (TPSA) is 51.8 Å². The zero-order chi connectivity index (χ0) is 8.55. The van der Waals surface area contributed by atoms with Crippen molar-refractivity contribution in [3.8, 4) is 0 Å². The summed E-state index contributed by atoms with van der Waals surface area (Å²) in [4.78, 5) is 8.33. The minimum atomic E-state index is 0.131. The van der Waals surface area contributed by atoms with E-state index < -0.39 is 0 Å². The van der Waals surface area contributed by atoms with E-state index in [2.05, 4.69) is 9.97 Å². The van der Waals surface area contributed by atoms with Crippen LogP contribution in [0.4, 0.5) is 0 Å². The molecule has 0 amide bonds. The van der Waals surface area contributed by atoms with Crippen LogP contribution in [0.2, 0.25) is 0 Å². The predicted molar refractivity (Wildman–Crippen MR) is 46.4 cm³/mol. The first kappa shape index (κ1) is 7.68. The molecule has 1 heterocycles. The highest BCUT2D eigenvalue weighted by atomic mass is 14.9. The van der Waals surface area contributed by atoms with Gasteiger partial charge >= 0.3 is 0 Å². The minimum Gasteiger partial charge on any atom is -0.322 e. The number of hydrogen-bond donors (Lipinski definition) is 1. The van der Waals surface area contributed by atoms with Crippen molar-refractivity contribution in [1.82, 2.24) is 9.97 Å². The fourth-order valence-electron chi connectivity index (χ4n) is 1.36. The average Bonchev–Trinajstić information content (AvgIpc) is 2.85. The second-order valence-corrected chi connectivity index (χ2v) is 3.39. The van der Waals surface area contributed by atoms with E-state index >= 15 is 0 Å². The van der Waals surface area contributed by atoms with E-state index in [1.54, 1.807) is 6.20 Å². The van der Waals surface area contributed by atoms with Gasteiger partial charge in [0.05, 0.1) is 5.69 Å². The van der Waals surface area contributed by atoms with Crippen LogP contribution in [0.15, 0.2) is 12.3 Å². The van der Waals surface area contributed by atoms with Gasteiger partial charge in [0.15, 0.2) is 0 Å². The van der Waals surface area contributed by atoms with E-state index in [4.69, 9.17) is 5.73 Å². The molecule has 1 atom stereocenters. The third-order valence-electron chi connectivity index (χ3n) is 2.27. The first-order valence-corrected chi connectivity index (χ1v) is 4.32. The second-order valence-electron chi connectivity index (χ2n) is 3.39. The van der Waals surface area contributed by atoms with Gasteiger partial charge in [0.2, 0.25) is 0 Å². The molecule has 1 aliphatic rings. The highest BCUT2D eigenvalue weighted by Crippen LogP contribution is 2.38. The summed E-state index contributed by atoms with van der Waals surface area (Å²) in [6, 6.07) is 2.04. The Labute approximate surface area is 72.0 Å². The molecule has 1 fully saturated rings. The van der Waals surface area contributed by atoms with E-state index in [0.717, 1.165) is 11.5 Å². The summed E-state index contributed by atoms with van der Waals surface area (Å²) in [5.74, 6) is 1.47. The van der Waals surface area contributed by atoms with Crippen LogP contribution in [0.5, 0.6) is 0 Å². The summed E-state index contributed by atoms with van der Waals surface area (Å²) >= 11 is 0. The molecule has 1 aliphatic carbocycles. The van der Waals surface area contributed by atoms with Crippen molar-refractivity contribution in [3.05, 3.63) is 23.8 Å². The molecule has 12 heavy (non-hydrogen) atoms. The van der Waals surface area contributed by atoms with Crippen molar-refractivity contribution in [2.24, 2.45) is 11.7 Å². The lowest BCUT2D eigenvalue weighted by Gasteiger charge is -2.08. The maximum Gasteiger partial charge on any atom is 0.125 e. The minimum absolute atomic E-state index is 0.131. The number of aryl methyl sites for hydroxylation is 1. The van der Waals surface area contributed by atoms with E-state index in [1.807, 2.05) is 13.0 Å². The summed E-state index contributed by atoms with van der Waals surface area (Å²) in [5, 5.41) is 0. The number of hydrogen-bond acceptors (Lipinski definition) is 3. The summed E-state index contributed by atoms with van der Waals surface area (Å²) in [7, 11) is 0. The van der Waals surface area contributed by atoms with E-state index in [1.165, 1.54) is 12.8 Å². The molecule has 0 saturated heterocycles. The van der Waals surface area contributed by atoms with Crippen molar-refractivity contribution in [3.63, 3.8) is 0 Å². The van der Waals surface area contributed by atoms with Gasteiger partial charge in [-0.2, -0.15) is 0 Å². The van der Waals surface area contributed by atoms with E-state index in [9.17, 15) is 0 Å². The Morgan fingerprint density at radius 3 is 2.92 bits per heavy atom. The lowest BCUT2D eigenvalue weighted by molar-refractivity contribution is 0.610. The lowest BCUT2D eigenvalue weighted by Crippen LogP contribution is -2.14. The van der Waals surface area contributed by atoms with Gasteiger partial charge < -0.3 is 5.73 Å². The molecule has 0 spiro atoms. The quantitative estimate of drug-likeness (QED) is 0.712. The van der Waals surface area contributed by atoms with Crippen LogP contribution in [0.1, 0.15) is 30.4 Å². The molecule has 1 unspecified atom stereocenters. The molecule has 2 rings (SSSR count). The Kier molecular flexibility index (Phi) is 1.81. The summed E-state index contributed by atoms with van der Waals surface area (Å²) in [5.41, 5.74) is 6.97. The summed E-state index contributed by atoms with van der Waals surface area (Å²) in [6.07, 6.45) is 4.29. The highest BCUT2D eigenvalue weighted by Gasteiger charge is 2.30. The third kappa shape index (κ3) is 1.46. The number of nitrogens with zero attached hydrogens (tertiary/aromatic N) is 2. The van der Waals surface area contributed by atoms with Gasteiger partial charge in [-0.3, -0.25) is 0 Å². The molecule has 3 heteroatoms. The van der Waals surface area contributed by atoms with Gasteiger partial charge in [0.25, 0.3) is 0 Å². The monoisotopic (exact) mass is 163 g/mol. The molecule has 0 radical (unpaired) electrons. The van der Waals surface area contributed by atoms with Crippen molar-refractivity contribution in [1.29, 1.82) is 0 Å². The standard InChI is InChI=1S/C9H13N3/c1-6-11-5-4-8(12-6)9(10)7-2-3-7/h4-5,7,9H,2-3,10H2,1H3. The molecule has 1 aromatic rings. The van der Waals surface area contributed by atoms with Gasteiger partial charge in [0.1, 0.15) is 5.82 Å². The Bertz CT molecular complexity index is 281.